The average Bonchev–Trinajstić information content (AvgIpc) is 3.02. The van der Waals surface area contributed by atoms with Crippen LogP contribution in [0.5, 0.6) is 11.5 Å². The Morgan fingerprint density at radius 1 is 1.30 bits per heavy atom. The van der Waals surface area contributed by atoms with Crippen molar-refractivity contribution >= 4 is 11.8 Å². The maximum atomic E-state index is 11.9. The maximum Gasteiger partial charge on any atom is 0.270 e. The predicted molar refractivity (Wildman–Crippen MR) is 77.8 cm³/mol. The van der Waals surface area contributed by atoms with E-state index in [4.69, 9.17) is 19.6 Å². The molecule has 3 rings (SSSR count). The van der Waals surface area contributed by atoms with Crippen molar-refractivity contribution in [3.63, 3.8) is 0 Å². The first-order chi connectivity index (χ1) is 11.1. The number of carbonyl (C=O) groups is 2. The summed E-state index contributed by atoms with van der Waals surface area (Å²) >= 11 is 0. The first-order valence-electron chi connectivity index (χ1n) is 7.01. The molecule has 2 heterocycles. The smallest absolute Gasteiger partial charge is 0.270 e. The number of benzene rings is 1. The van der Waals surface area contributed by atoms with E-state index in [0.29, 0.717) is 18.1 Å². The molecule has 2 amide bonds. The van der Waals surface area contributed by atoms with Crippen LogP contribution in [0.3, 0.4) is 0 Å². The van der Waals surface area contributed by atoms with Crippen LogP contribution < -0.4 is 20.5 Å². The van der Waals surface area contributed by atoms with Crippen LogP contribution in [-0.2, 0) is 11.3 Å². The molecule has 2 aromatic rings. The molecule has 0 fully saturated rings. The van der Waals surface area contributed by atoms with E-state index in [1.807, 2.05) is 18.2 Å². The van der Waals surface area contributed by atoms with E-state index in [2.05, 4.69) is 10.3 Å². The zero-order chi connectivity index (χ0) is 16.2. The minimum atomic E-state index is -0.683. The molecule has 0 bridgehead atoms. The number of oxazole rings is 1. The summed E-state index contributed by atoms with van der Waals surface area (Å²) in [5, 5.41) is 2.64. The Kier molecular flexibility index (Phi) is 4.13. The molecule has 0 radical (unpaired) electrons. The lowest BCUT2D eigenvalue weighted by Gasteiger charge is -2.25. The maximum absolute atomic E-state index is 11.9. The van der Waals surface area contributed by atoms with Crippen LogP contribution in [0.4, 0.5) is 0 Å². The van der Waals surface area contributed by atoms with Gasteiger partial charge in [0, 0.05) is 0 Å². The van der Waals surface area contributed by atoms with Crippen molar-refractivity contribution in [1.82, 2.24) is 10.3 Å². The Balaban J connectivity index is 1.49. The van der Waals surface area contributed by atoms with Crippen molar-refractivity contribution in [3.05, 3.63) is 42.1 Å². The number of ether oxygens (including phenoxy) is 2. The van der Waals surface area contributed by atoms with E-state index >= 15 is 0 Å². The Hall–Kier alpha value is -3.03. The highest BCUT2D eigenvalue weighted by molar-refractivity contribution is 5.90. The van der Waals surface area contributed by atoms with Gasteiger partial charge in [-0.25, -0.2) is 4.98 Å². The largest absolute Gasteiger partial charge is 0.486 e. The second kappa shape index (κ2) is 6.39. The van der Waals surface area contributed by atoms with Crippen LogP contribution in [0.15, 0.2) is 34.9 Å². The normalized spacial score (nSPS) is 15.9. The van der Waals surface area contributed by atoms with Crippen LogP contribution in [0.1, 0.15) is 22.8 Å². The number of amides is 2. The van der Waals surface area contributed by atoms with Crippen LogP contribution in [0.2, 0.25) is 0 Å². The molecular formula is C15H15N3O5. The second-order valence-electron chi connectivity index (χ2n) is 4.97. The number of primary amides is 1. The quantitative estimate of drug-likeness (QED) is 0.835. The number of para-hydroxylation sites is 2. The number of aromatic nitrogens is 1. The van der Waals surface area contributed by atoms with E-state index in [1.54, 1.807) is 6.07 Å². The predicted octanol–water partition coefficient (Wildman–Crippen LogP) is 0.620. The summed E-state index contributed by atoms with van der Waals surface area (Å²) in [6.07, 6.45) is 0.923. The van der Waals surface area contributed by atoms with Gasteiger partial charge >= 0.3 is 0 Å². The highest BCUT2D eigenvalue weighted by Gasteiger charge is 2.23. The fourth-order valence-electron chi connectivity index (χ4n) is 2.12. The zero-order valence-corrected chi connectivity index (χ0v) is 12.2. The van der Waals surface area contributed by atoms with E-state index < -0.39 is 5.91 Å². The van der Waals surface area contributed by atoms with E-state index in [9.17, 15) is 9.59 Å². The number of fused-ring (bicyclic) bond motifs is 1. The highest BCUT2D eigenvalue weighted by atomic mass is 16.6. The minimum Gasteiger partial charge on any atom is -0.486 e. The number of nitrogens with one attached hydrogen (secondary N) is 1. The van der Waals surface area contributed by atoms with Gasteiger partial charge in [0.1, 0.15) is 19.0 Å². The van der Waals surface area contributed by atoms with Crippen molar-refractivity contribution < 1.29 is 23.5 Å². The molecule has 0 spiro atoms. The van der Waals surface area contributed by atoms with E-state index in [1.165, 1.54) is 0 Å². The van der Waals surface area contributed by atoms with Gasteiger partial charge in [-0.3, -0.25) is 9.59 Å². The number of hydrogen-bond donors (Lipinski definition) is 2. The molecule has 1 atom stereocenters. The van der Waals surface area contributed by atoms with Gasteiger partial charge in [-0.05, 0) is 12.1 Å². The van der Waals surface area contributed by atoms with Gasteiger partial charge < -0.3 is 24.9 Å². The van der Waals surface area contributed by atoms with Crippen molar-refractivity contribution in [3.8, 4) is 11.5 Å². The van der Waals surface area contributed by atoms with Crippen molar-refractivity contribution in [1.29, 1.82) is 0 Å². The molecule has 120 valence electrons. The number of nitrogens with two attached hydrogens (primary N) is 1. The molecular weight excluding hydrogens is 302 g/mol. The minimum absolute atomic E-state index is 0.0230. The van der Waals surface area contributed by atoms with Crippen LogP contribution in [0, 0.1) is 0 Å². The standard InChI is InChI=1S/C15H15N3O5/c16-15(20)10-8-22-14(18-10)6-17-13(19)5-9-7-21-11-3-1-2-4-12(11)23-9/h1-4,8-9H,5-7H2,(H2,16,20)(H,17,19). The summed E-state index contributed by atoms with van der Waals surface area (Å²) in [6.45, 7) is 0.367. The van der Waals surface area contributed by atoms with Crippen molar-refractivity contribution in [2.24, 2.45) is 5.73 Å². The fourth-order valence-corrected chi connectivity index (χ4v) is 2.12. The molecule has 1 aromatic carbocycles. The van der Waals surface area contributed by atoms with Gasteiger partial charge in [0.05, 0.1) is 13.0 Å². The van der Waals surface area contributed by atoms with Gasteiger partial charge in [0.25, 0.3) is 5.91 Å². The molecule has 3 N–H and O–H groups in total. The Bertz CT molecular complexity index is 727. The average molecular weight is 317 g/mol. The van der Waals surface area contributed by atoms with E-state index in [-0.39, 0.29) is 36.6 Å². The first kappa shape index (κ1) is 14.9. The third-order valence-electron chi connectivity index (χ3n) is 3.22. The molecule has 23 heavy (non-hydrogen) atoms. The molecule has 0 saturated heterocycles. The summed E-state index contributed by atoms with van der Waals surface area (Å²) in [5.74, 6) is 0.575. The van der Waals surface area contributed by atoms with Gasteiger partial charge in [-0.1, -0.05) is 12.1 Å². The summed E-state index contributed by atoms with van der Waals surface area (Å²) in [7, 11) is 0. The summed E-state index contributed by atoms with van der Waals surface area (Å²) in [6, 6.07) is 7.29. The SMILES string of the molecule is NC(=O)c1coc(CNC(=O)CC2COc3ccccc3O2)n1. The molecule has 1 aliphatic rings. The van der Waals surface area contributed by atoms with Crippen molar-refractivity contribution in [2.45, 2.75) is 19.1 Å². The molecule has 1 aromatic heterocycles. The zero-order valence-electron chi connectivity index (χ0n) is 12.2. The van der Waals surface area contributed by atoms with Crippen LogP contribution in [-0.4, -0.2) is 29.5 Å². The fraction of sp³-hybridized carbons (Fsp3) is 0.267. The number of hydrogen-bond acceptors (Lipinski definition) is 6. The molecule has 8 nitrogen and oxygen atoms in total. The highest BCUT2D eigenvalue weighted by Crippen LogP contribution is 2.31. The van der Waals surface area contributed by atoms with E-state index in [0.717, 1.165) is 6.26 Å². The molecule has 1 unspecified atom stereocenters. The van der Waals surface area contributed by atoms with Crippen molar-refractivity contribution in [2.75, 3.05) is 6.61 Å². The number of nitrogens with zero attached hydrogens (tertiary/aromatic N) is 1. The number of rotatable bonds is 5. The third kappa shape index (κ3) is 3.60. The Morgan fingerprint density at radius 2 is 2.09 bits per heavy atom. The molecule has 0 saturated carbocycles. The topological polar surface area (TPSA) is 117 Å². The molecule has 1 aliphatic heterocycles. The monoisotopic (exact) mass is 317 g/mol. The van der Waals surface area contributed by atoms with Crippen LogP contribution in [0.25, 0.3) is 0 Å². The molecule has 8 heteroatoms. The van der Waals surface area contributed by atoms with Gasteiger partial charge in [-0.2, -0.15) is 0 Å². The summed E-state index contributed by atoms with van der Waals surface area (Å²) < 4.78 is 16.3. The van der Waals surface area contributed by atoms with Crippen LogP contribution >= 0.6 is 0 Å². The lowest BCUT2D eigenvalue weighted by atomic mass is 10.2. The summed E-state index contributed by atoms with van der Waals surface area (Å²) in [4.78, 5) is 26.7. The lowest BCUT2D eigenvalue weighted by molar-refractivity contribution is -0.123. The summed E-state index contributed by atoms with van der Waals surface area (Å²) in [5.41, 5.74) is 5.09. The first-order valence-corrected chi connectivity index (χ1v) is 7.01. The van der Waals surface area contributed by atoms with Gasteiger partial charge in [0.15, 0.2) is 17.2 Å². The Morgan fingerprint density at radius 3 is 2.83 bits per heavy atom. The lowest BCUT2D eigenvalue weighted by Crippen LogP contribution is -2.35. The Labute approximate surface area is 131 Å². The molecule has 0 aliphatic carbocycles. The second-order valence-corrected chi connectivity index (χ2v) is 4.97. The van der Waals surface area contributed by atoms with Gasteiger partial charge in [0.2, 0.25) is 11.8 Å². The third-order valence-corrected chi connectivity index (χ3v) is 3.22. The van der Waals surface area contributed by atoms with Gasteiger partial charge in [-0.15, -0.1) is 0 Å². The number of carbonyl (C=O) groups excluding carboxylic acids is 2.